The number of methoxy groups -OCH3 is 1. The van der Waals surface area contributed by atoms with Gasteiger partial charge in [-0.25, -0.2) is 14.5 Å². The van der Waals surface area contributed by atoms with E-state index in [1.807, 2.05) is 0 Å². The van der Waals surface area contributed by atoms with Crippen molar-refractivity contribution in [1.29, 1.82) is 0 Å². The molecule has 1 aromatic carbocycles. The molecular weight excluding hydrogens is 268 g/mol. The third-order valence-corrected chi connectivity index (χ3v) is 3.58. The zero-order valence-electron chi connectivity index (χ0n) is 10.8. The maximum Gasteiger partial charge on any atom is 0.417 e. The Labute approximate surface area is 116 Å². The number of halogens is 1. The number of rotatable bonds is 2. The Balaban J connectivity index is 2.50. The smallest absolute Gasteiger partial charge is 0.417 e. The molecule has 6 heteroatoms. The van der Waals surface area contributed by atoms with Gasteiger partial charge in [-0.1, -0.05) is 17.7 Å². The molecule has 19 heavy (non-hydrogen) atoms. The first-order chi connectivity index (χ1) is 9.01. The summed E-state index contributed by atoms with van der Waals surface area (Å²) >= 11 is 6.12. The lowest BCUT2D eigenvalue weighted by Crippen LogP contribution is -2.37. The highest BCUT2D eigenvalue weighted by Gasteiger charge is 2.41. The van der Waals surface area contributed by atoms with Crippen molar-refractivity contribution in [2.75, 3.05) is 12.0 Å². The summed E-state index contributed by atoms with van der Waals surface area (Å²) in [6, 6.07) is 3.26. The quantitative estimate of drug-likeness (QED) is 0.779. The van der Waals surface area contributed by atoms with Gasteiger partial charge in [-0.3, -0.25) is 0 Å². The van der Waals surface area contributed by atoms with Gasteiger partial charge in [-0.2, -0.15) is 0 Å². The molecule has 1 heterocycles. The standard InChI is InChI=1S/C13H13ClN2O3/c1-7-10(6-5-9(15-3)11(7)14)16-12(18-4)8(2)19-13(16)17/h5-6,8,12H,1-2,4H3/t8-,12+/m1/s1. The van der Waals surface area contributed by atoms with Gasteiger partial charge in [-0.15, -0.1) is 0 Å². The number of carbonyl (C=O) groups is 1. The van der Waals surface area contributed by atoms with Crippen LogP contribution in [0.4, 0.5) is 16.2 Å². The maximum absolute atomic E-state index is 11.9. The van der Waals surface area contributed by atoms with Gasteiger partial charge in [0.15, 0.2) is 6.23 Å². The van der Waals surface area contributed by atoms with Crippen LogP contribution in [-0.2, 0) is 9.47 Å². The Bertz CT molecular complexity index is 568. The van der Waals surface area contributed by atoms with Gasteiger partial charge in [0.05, 0.1) is 17.3 Å². The molecule has 1 fully saturated rings. The first kappa shape index (κ1) is 13.7. The number of hydrogen-bond acceptors (Lipinski definition) is 3. The molecule has 0 radical (unpaired) electrons. The molecule has 2 rings (SSSR count). The molecule has 1 aliphatic heterocycles. The first-order valence-electron chi connectivity index (χ1n) is 5.70. The monoisotopic (exact) mass is 280 g/mol. The molecule has 0 N–H and O–H groups in total. The van der Waals surface area contributed by atoms with Crippen LogP contribution in [0.15, 0.2) is 12.1 Å². The maximum atomic E-state index is 11.9. The number of carbonyl (C=O) groups excluding carboxylic acids is 1. The number of ether oxygens (including phenoxy) is 2. The van der Waals surface area contributed by atoms with E-state index in [0.29, 0.717) is 22.0 Å². The van der Waals surface area contributed by atoms with Gasteiger partial charge in [0.1, 0.15) is 6.10 Å². The van der Waals surface area contributed by atoms with Crippen molar-refractivity contribution >= 4 is 29.1 Å². The summed E-state index contributed by atoms with van der Waals surface area (Å²) in [6.07, 6.45) is -1.34. The number of hydrogen-bond donors (Lipinski definition) is 0. The fraction of sp³-hybridized carbons (Fsp3) is 0.385. The van der Waals surface area contributed by atoms with Crippen LogP contribution in [0, 0.1) is 13.5 Å². The minimum absolute atomic E-state index is 0.342. The van der Waals surface area contributed by atoms with Crippen molar-refractivity contribution in [2.24, 2.45) is 0 Å². The molecule has 0 saturated carbocycles. The number of nitrogens with zero attached hydrogens (tertiary/aromatic N) is 2. The van der Waals surface area contributed by atoms with Gasteiger partial charge in [0.2, 0.25) is 5.69 Å². The Morgan fingerprint density at radius 3 is 2.79 bits per heavy atom. The highest BCUT2D eigenvalue weighted by atomic mass is 35.5. The Kier molecular flexibility index (Phi) is 3.65. The molecule has 100 valence electrons. The van der Waals surface area contributed by atoms with Crippen molar-refractivity contribution in [3.63, 3.8) is 0 Å². The van der Waals surface area contributed by atoms with Crippen molar-refractivity contribution in [3.05, 3.63) is 34.1 Å². The summed E-state index contributed by atoms with van der Waals surface area (Å²) < 4.78 is 10.4. The van der Waals surface area contributed by atoms with E-state index >= 15 is 0 Å². The summed E-state index contributed by atoms with van der Waals surface area (Å²) in [5, 5.41) is 0.342. The molecule has 0 unspecified atom stereocenters. The molecule has 1 aliphatic rings. The normalized spacial score (nSPS) is 22.3. The van der Waals surface area contributed by atoms with Crippen LogP contribution in [0.25, 0.3) is 4.85 Å². The number of amides is 1. The van der Waals surface area contributed by atoms with Crippen LogP contribution in [0.5, 0.6) is 0 Å². The SMILES string of the molecule is [C-]#[N+]c1ccc(N2C(=O)O[C@H](C)[C@@H]2OC)c(C)c1Cl. The van der Waals surface area contributed by atoms with E-state index in [2.05, 4.69) is 4.85 Å². The van der Waals surface area contributed by atoms with Crippen LogP contribution in [-0.4, -0.2) is 25.5 Å². The molecule has 1 saturated heterocycles. The molecule has 0 aliphatic carbocycles. The van der Waals surface area contributed by atoms with E-state index in [1.165, 1.54) is 12.0 Å². The van der Waals surface area contributed by atoms with Crippen molar-refractivity contribution in [2.45, 2.75) is 26.2 Å². The second kappa shape index (κ2) is 5.08. The molecule has 2 atom stereocenters. The molecule has 5 nitrogen and oxygen atoms in total. The summed E-state index contributed by atoms with van der Waals surface area (Å²) in [5.74, 6) is 0. The van der Waals surface area contributed by atoms with Crippen LogP contribution in [0.1, 0.15) is 12.5 Å². The lowest BCUT2D eigenvalue weighted by Gasteiger charge is -2.24. The van der Waals surface area contributed by atoms with Crippen LogP contribution >= 0.6 is 11.6 Å². The lowest BCUT2D eigenvalue weighted by molar-refractivity contribution is 0.0392. The van der Waals surface area contributed by atoms with Gasteiger partial charge in [0, 0.05) is 7.11 Å². The average molecular weight is 281 g/mol. The molecular formula is C13H13ClN2O3. The molecule has 0 aromatic heterocycles. The highest BCUT2D eigenvalue weighted by Crippen LogP contribution is 2.37. The molecule has 1 amide bonds. The average Bonchev–Trinajstić information content (AvgIpc) is 2.67. The van der Waals surface area contributed by atoms with Gasteiger partial charge < -0.3 is 9.47 Å². The van der Waals surface area contributed by atoms with E-state index in [9.17, 15) is 4.79 Å². The Morgan fingerprint density at radius 2 is 2.21 bits per heavy atom. The van der Waals surface area contributed by atoms with E-state index in [0.717, 1.165) is 0 Å². The number of benzene rings is 1. The van der Waals surface area contributed by atoms with E-state index in [4.69, 9.17) is 27.6 Å². The summed E-state index contributed by atoms with van der Waals surface area (Å²) in [4.78, 5) is 16.6. The third-order valence-electron chi connectivity index (χ3n) is 3.10. The Morgan fingerprint density at radius 1 is 1.53 bits per heavy atom. The highest BCUT2D eigenvalue weighted by molar-refractivity contribution is 6.34. The number of cyclic esters (lactones) is 1. The predicted octanol–water partition coefficient (Wildman–Crippen LogP) is 3.52. The predicted molar refractivity (Wildman–Crippen MR) is 71.7 cm³/mol. The number of anilines is 1. The van der Waals surface area contributed by atoms with E-state index in [1.54, 1.807) is 26.0 Å². The van der Waals surface area contributed by atoms with Crippen LogP contribution in [0.2, 0.25) is 5.02 Å². The zero-order chi connectivity index (χ0) is 14.2. The van der Waals surface area contributed by atoms with Crippen molar-refractivity contribution in [3.8, 4) is 0 Å². The second-order valence-corrected chi connectivity index (χ2v) is 4.62. The minimum Gasteiger partial charge on any atom is -0.441 e. The first-order valence-corrected chi connectivity index (χ1v) is 6.08. The summed E-state index contributed by atoms with van der Waals surface area (Å²) in [5.41, 5.74) is 1.61. The van der Waals surface area contributed by atoms with Crippen LogP contribution in [0.3, 0.4) is 0 Å². The fourth-order valence-corrected chi connectivity index (χ4v) is 2.33. The van der Waals surface area contributed by atoms with E-state index < -0.39 is 12.3 Å². The molecule has 0 bridgehead atoms. The van der Waals surface area contributed by atoms with E-state index in [-0.39, 0.29) is 6.10 Å². The summed E-state index contributed by atoms with van der Waals surface area (Å²) in [6.45, 7) is 10.5. The fourth-order valence-electron chi connectivity index (χ4n) is 2.13. The van der Waals surface area contributed by atoms with Crippen LogP contribution < -0.4 is 4.90 Å². The van der Waals surface area contributed by atoms with Crippen molar-refractivity contribution < 1.29 is 14.3 Å². The largest absolute Gasteiger partial charge is 0.441 e. The topological polar surface area (TPSA) is 43.1 Å². The molecule has 1 aromatic rings. The lowest BCUT2D eigenvalue weighted by atomic mass is 10.1. The second-order valence-electron chi connectivity index (χ2n) is 4.24. The summed E-state index contributed by atoms with van der Waals surface area (Å²) in [7, 11) is 1.51. The van der Waals surface area contributed by atoms with Crippen molar-refractivity contribution in [1.82, 2.24) is 0 Å². The van der Waals surface area contributed by atoms with Gasteiger partial charge in [-0.05, 0) is 25.5 Å². The zero-order valence-corrected chi connectivity index (χ0v) is 11.6. The van der Waals surface area contributed by atoms with Gasteiger partial charge in [0.25, 0.3) is 0 Å². The third kappa shape index (κ3) is 2.14. The Hall–Kier alpha value is -1.77. The van der Waals surface area contributed by atoms with Gasteiger partial charge >= 0.3 is 6.09 Å². The minimum atomic E-state index is -0.499. The molecule has 0 spiro atoms.